The number of halogens is 1. The summed E-state index contributed by atoms with van der Waals surface area (Å²) in [4.78, 5) is 10.7. The molecule has 0 bridgehead atoms. The molecular formula is C14H9IN4O2. The van der Waals surface area contributed by atoms with Crippen molar-refractivity contribution in [2.24, 2.45) is 0 Å². The molecule has 0 radical (unpaired) electrons. The number of nitro groups is 1. The average molecular weight is 392 g/mol. The molecule has 0 spiro atoms. The van der Waals surface area contributed by atoms with E-state index in [2.05, 4.69) is 10.3 Å². The van der Waals surface area contributed by atoms with Gasteiger partial charge in [0.25, 0.3) is 5.69 Å². The maximum absolute atomic E-state index is 11.2. The van der Waals surface area contributed by atoms with E-state index < -0.39 is 4.92 Å². The molecule has 0 atom stereocenters. The van der Waals surface area contributed by atoms with E-state index >= 15 is 0 Å². The fraction of sp³-hybridized carbons (Fsp3) is 0. The molecule has 3 rings (SSSR count). The first-order valence-corrected chi connectivity index (χ1v) is 7.15. The van der Waals surface area contributed by atoms with Crippen LogP contribution in [0.25, 0.3) is 16.9 Å². The molecule has 0 aliphatic heterocycles. The molecule has 0 fully saturated rings. The number of hydrogen-bond acceptors (Lipinski definition) is 4. The Morgan fingerprint density at radius 3 is 2.62 bits per heavy atom. The van der Waals surface area contributed by atoms with Crippen LogP contribution in [0.15, 0.2) is 54.7 Å². The molecule has 21 heavy (non-hydrogen) atoms. The fourth-order valence-electron chi connectivity index (χ4n) is 1.96. The number of nitro benzene ring substituents is 1. The summed E-state index contributed by atoms with van der Waals surface area (Å²) in [5.41, 5.74) is 1.99. The van der Waals surface area contributed by atoms with Crippen LogP contribution in [0.3, 0.4) is 0 Å². The topological polar surface area (TPSA) is 73.8 Å². The van der Waals surface area contributed by atoms with Crippen LogP contribution in [-0.4, -0.2) is 19.9 Å². The van der Waals surface area contributed by atoms with Crippen molar-refractivity contribution < 1.29 is 4.92 Å². The van der Waals surface area contributed by atoms with Crippen LogP contribution in [0.1, 0.15) is 0 Å². The third kappa shape index (κ3) is 2.77. The van der Waals surface area contributed by atoms with E-state index in [0.717, 1.165) is 9.13 Å². The largest absolute Gasteiger partial charge is 0.295 e. The quantitative estimate of drug-likeness (QED) is 0.389. The van der Waals surface area contributed by atoms with Crippen LogP contribution in [0.4, 0.5) is 5.69 Å². The minimum atomic E-state index is -0.415. The van der Waals surface area contributed by atoms with E-state index in [-0.39, 0.29) is 5.69 Å². The zero-order valence-corrected chi connectivity index (χ0v) is 12.8. The van der Waals surface area contributed by atoms with E-state index in [4.69, 9.17) is 0 Å². The first-order chi connectivity index (χ1) is 10.1. The van der Waals surface area contributed by atoms with Gasteiger partial charge >= 0.3 is 0 Å². The third-order valence-corrected chi connectivity index (χ3v) is 3.61. The highest BCUT2D eigenvalue weighted by Crippen LogP contribution is 2.25. The Hall–Kier alpha value is -2.29. The van der Waals surface area contributed by atoms with Gasteiger partial charge in [0.2, 0.25) is 0 Å². The molecule has 1 aromatic heterocycles. The summed E-state index contributed by atoms with van der Waals surface area (Å²) in [7, 11) is 0. The van der Waals surface area contributed by atoms with Crippen molar-refractivity contribution in [2.45, 2.75) is 0 Å². The Morgan fingerprint density at radius 2 is 1.90 bits per heavy atom. The van der Waals surface area contributed by atoms with Crippen LogP contribution >= 0.6 is 22.6 Å². The normalized spacial score (nSPS) is 10.5. The van der Waals surface area contributed by atoms with Gasteiger partial charge in [-0.1, -0.05) is 35.5 Å². The van der Waals surface area contributed by atoms with Crippen molar-refractivity contribution in [1.82, 2.24) is 15.0 Å². The lowest BCUT2D eigenvalue weighted by molar-refractivity contribution is -0.384. The molecule has 0 amide bonds. The second-order valence-electron chi connectivity index (χ2n) is 4.30. The minimum Gasteiger partial charge on any atom is -0.258 e. The maximum Gasteiger partial charge on any atom is 0.295 e. The predicted molar refractivity (Wildman–Crippen MR) is 86.2 cm³/mol. The predicted octanol–water partition coefficient (Wildman–Crippen LogP) is 3.45. The third-order valence-electron chi connectivity index (χ3n) is 2.94. The first-order valence-electron chi connectivity index (χ1n) is 6.07. The van der Waals surface area contributed by atoms with Gasteiger partial charge in [-0.15, -0.1) is 5.10 Å². The number of benzene rings is 2. The molecule has 7 heteroatoms. The Labute approximate surface area is 133 Å². The van der Waals surface area contributed by atoms with Crippen molar-refractivity contribution in [3.8, 4) is 16.9 Å². The van der Waals surface area contributed by atoms with Crippen LogP contribution < -0.4 is 0 Å². The average Bonchev–Trinajstić information content (AvgIpc) is 2.97. The Morgan fingerprint density at radius 1 is 1.14 bits per heavy atom. The monoisotopic (exact) mass is 392 g/mol. The Balaban J connectivity index is 2.07. The van der Waals surface area contributed by atoms with Gasteiger partial charge in [-0.25, -0.2) is 4.68 Å². The van der Waals surface area contributed by atoms with E-state index in [1.54, 1.807) is 18.3 Å². The van der Waals surface area contributed by atoms with Crippen molar-refractivity contribution in [1.29, 1.82) is 0 Å². The van der Waals surface area contributed by atoms with E-state index in [1.165, 1.54) is 10.7 Å². The van der Waals surface area contributed by atoms with E-state index in [9.17, 15) is 10.1 Å². The molecule has 6 nitrogen and oxygen atoms in total. The molecule has 104 valence electrons. The molecule has 0 unspecified atom stereocenters. The molecule has 0 aliphatic rings. The molecule has 1 heterocycles. The van der Waals surface area contributed by atoms with E-state index in [0.29, 0.717) is 11.4 Å². The Kier molecular flexibility index (Phi) is 3.65. The second kappa shape index (κ2) is 5.60. The summed E-state index contributed by atoms with van der Waals surface area (Å²) in [6.07, 6.45) is 1.69. The molecule has 0 aliphatic carbocycles. The standard InChI is InChI=1S/C14H9IN4O2/c15-11-6-7-13(14(8-11)19(20)21)18-9-12(16-17-18)10-4-2-1-3-5-10/h1-9H. The van der Waals surface area contributed by atoms with Crippen molar-refractivity contribution in [3.63, 3.8) is 0 Å². The summed E-state index contributed by atoms with van der Waals surface area (Å²) < 4.78 is 2.22. The molecular weight excluding hydrogens is 383 g/mol. The molecule has 0 saturated carbocycles. The molecule has 2 aromatic carbocycles. The first kappa shape index (κ1) is 13.7. The lowest BCUT2D eigenvalue weighted by atomic mass is 10.2. The maximum atomic E-state index is 11.2. The van der Waals surface area contributed by atoms with Gasteiger partial charge in [0.1, 0.15) is 11.4 Å². The number of aromatic nitrogens is 3. The Bertz CT molecular complexity index is 802. The zero-order chi connectivity index (χ0) is 14.8. The highest BCUT2D eigenvalue weighted by Gasteiger charge is 2.17. The summed E-state index contributed by atoms with van der Waals surface area (Å²) >= 11 is 2.04. The lowest BCUT2D eigenvalue weighted by Crippen LogP contribution is -2.01. The lowest BCUT2D eigenvalue weighted by Gasteiger charge is -2.02. The van der Waals surface area contributed by atoms with Crippen LogP contribution in [0, 0.1) is 13.7 Å². The zero-order valence-electron chi connectivity index (χ0n) is 10.7. The van der Waals surface area contributed by atoms with Crippen molar-refractivity contribution in [2.75, 3.05) is 0 Å². The van der Waals surface area contributed by atoms with Gasteiger partial charge in [-0.2, -0.15) is 0 Å². The summed E-state index contributed by atoms with van der Waals surface area (Å²) in [6.45, 7) is 0. The van der Waals surface area contributed by atoms with Crippen molar-refractivity contribution in [3.05, 3.63) is 68.4 Å². The van der Waals surface area contributed by atoms with Crippen LogP contribution in [-0.2, 0) is 0 Å². The van der Waals surface area contributed by atoms with Gasteiger partial charge in [-0.3, -0.25) is 10.1 Å². The minimum absolute atomic E-state index is 0.00594. The van der Waals surface area contributed by atoms with Gasteiger partial charge in [0.05, 0.1) is 11.1 Å². The highest BCUT2D eigenvalue weighted by atomic mass is 127. The fourth-order valence-corrected chi connectivity index (χ4v) is 2.43. The highest BCUT2D eigenvalue weighted by molar-refractivity contribution is 14.1. The molecule has 3 aromatic rings. The van der Waals surface area contributed by atoms with Gasteiger partial charge in [0, 0.05) is 15.2 Å². The summed E-state index contributed by atoms with van der Waals surface area (Å²) in [5.74, 6) is 0. The van der Waals surface area contributed by atoms with Gasteiger partial charge in [-0.05, 0) is 34.7 Å². The molecule has 0 saturated heterocycles. The van der Waals surface area contributed by atoms with Gasteiger partial charge in [0.15, 0.2) is 0 Å². The van der Waals surface area contributed by atoms with Crippen LogP contribution in [0.5, 0.6) is 0 Å². The summed E-state index contributed by atoms with van der Waals surface area (Å²) in [6, 6.07) is 14.5. The van der Waals surface area contributed by atoms with E-state index in [1.807, 2.05) is 52.9 Å². The smallest absolute Gasteiger partial charge is 0.258 e. The van der Waals surface area contributed by atoms with Gasteiger partial charge < -0.3 is 0 Å². The summed E-state index contributed by atoms with van der Waals surface area (Å²) in [5, 5.41) is 19.2. The molecule has 0 N–H and O–H groups in total. The van der Waals surface area contributed by atoms with Crippen LogP contribution in [0.2, 0.25) is 0 Å². The van der Waals surface area contributed by atoms with Crippen molar-refractivity contribution >= 4 is 28.3 Å². The number of hydrogen-bond donors (Lipinski definition) is 0. The second-order valence-corrected chi connectivity index (χ2v) is 5.55. The number of rotatable bonds is 3. The SMILES string of the molecule is O=[N+]([O-])c1cc(I)ccc1-n1cc(-c2ccccc2)nn1. The number of nitrogens with zero attached hydrogens (tertiary/aromatic N) is 4.